The maximum atomic E-state index is 13.2. The summed E-state index contributed by atoms with van der Waals surface area (Å²) in [5, 5.41) is 11.4. The quantitative estimate of drug-likeness (QED) is 0.757. The van der Waals surface area contributed by atoms with E-state index in [0.717, 1.165) is 15.5 Å². The van der Waals surface area contributed by atoms with Gasteiger partial charge in [-0.3, -0.25) is 0 Å². The lowest BCUT2D eigenvalue weighted by molar-refractivity contribution is 0.0271. The van der Waals surface area contributed by atoms with E-state index < -0.39 is 43.5 Å². The van der Waals surface area contributed by atoms with Gasteiger partial charge >= 0.3 is 0 Å². The molecule has 1 aliphatic rings. The summed E-state index contributed by atoms with van der Waals surface area (Å²) in [4.78, 5) is 0.121. The molecule has 1 fully saturated rings. The molecule has 24 heavy (non-hydrogen) atoms. The summed E-state index contributed by atoms with van der Waals surface area (Å²) in [6, 6.07) is 2.35. The van der Waals surface area contributed by atoms with Gasteiger partial charge < -0.3 is 5.11 Å². The van der Waals surface area contributed by atoms with Gasteiger partial charge in [0.05, 0.1) is 28.5 Å². The maximum Gasteiger partial charge on any atom is 0.256 e. The minimum absolute atomic E-state index is 0.121. The highest BCUT2D eigenvalue weighted by atomic mass is 32.2. The van der Waals surface area contributed by atoms with Crippen molar-refractivity contribution >= 4 is 19.9 Å². The minimum Gasteiger partial charge on any atom is -0.390 e. The van der Waals surface area contributed by atoms with E-state index in [9.17, 15) is 21.9 Å². The highest BCUT2D eigenvalue weighted by molar-refractivity contribution is 7.92. The summed E-state index contributed by atoms with van der Waals surface area (Å²) >= 11 is 0. The van der Waals surface area contributed by atoms with Gasteiger partial charge in [0.15, 0.2) is 9.84 Å². The zero-order valence-corrected chi connectivity index (χ0v) is 16.1. The number of benzene rings is 1. The van der Waals surface area contributed by atoms with Gasteiger partial charge in [0.25, 0.3) is 10.0 Å². The molecule has 1 saturated heterocycles. The lowest BCUT2D eigenvalue weighted by Gasteiger charge is -2.34. The molecule has 0 aromatic heterocycles. The molecule has 1 aromatic rings. The van der Waals surface area contributed by atoms with E-state index in [1.807, 2.05) is 13.8 Å². The van der Waals surface area contributed by atoms with E-state index in [4.69, 9.17) is 0 Å². The van der Waals surface area contributed by atoms with Gasteiger partial charge in [0, 0.05) is 14.1 Å². The first-order valence-electron chi connectivity index (χ1n) is 7.55. The SMILES string of the molecule is Cc1cc(C)c(S(=O)(=O)N([C@H]2CS(=O)(=O)C[C@@H]2O)N(C)C)cc1C. The molecule has 9 heteroatoms. The Morgan fingerprint density at radius 1 is 1.04 bits per heavy atom. The Bertz CT molecular complexity index is 847. The van der Waals surface area contributed by atoms with Crippen LogP contribution in [0.1, 0.15) is 16.7 Å². The normalized spacial score (nSPS) is 24.0. The largest absolute Gasteiger partial charge is 0.390 e. The summed E-state index contributed by atoms with van der Waals surface area (Å²) in [6.07, 6.45) is -1.25. The molecule has 2 atom stereocenters. The Hall–Kier alpha value is -1.00. The fourth-order valence-corrected chi connectivity index (χ4v) is 6.88. The van der Waals surface area contributed by atoms with Crippen LogP contribution in [0.4, 0.5) is 0 Å². The summed E-state index contributed by atoms with van der Waals surface area (Å²) in [7, 11) is -4.44. The number of hydrazine groups is 1. The Labute approximate surface area is 143 Å². The number of sulfonamides is 1. The van der Waals surface area contributed by atoms with E-state index in [1.165, 1.54) is 19.1 Å². The van der Waals surface area contributed by atoms with Gasteiger partial charge in [-0.15, -0.1) is 4.41 Å². The van der Waals surface area contributed by atoms with Crippen LogP contribution in [0.5, 0.6) is 0 Å². The zero-order valence-electron chi connectivity index (χ0n) is 14.5. The third-order valence-electron chi connectivity index (χ3n) is 4.29. The van der Waals surface area contributed by atoms with Crippen molar-refractivity contribution in [2.24, 2.45) is 0 Å². The smallest absolute Gasteiger partial charge is 0.256 e. The number of hydrogen-bond acceptors (Lipinski definition) is 6. The number of aliphatic hydroxyl groups excluding tert-OH is 1. The molecule has 1 N–H and O–H groups in total. The van der Waals surface area contributed by atoms with Crippen LogP contribution in [0.2, 0.25) is 0 Å². The lowest BCUT2D eigenvalue weighted by Crippen LogP contribution is -2.53. The molecule has 136 valence electrons. The summed E-state index contributed by atoms with van der Waals surface area (Å²) in [6.45, 7) is 5.42. The molecule has 0 saturated carbocycles. The van der Waals surface area contributed by atoms with Crippen molar-refractivity contribution in [2.75, 3.05) is 25.6 Å². The summed E-state index contributed by atoms with van der Waals surface area (Å²) < 4.78 is 51.0. The van der Waals surface area contributed by atoms with Crippen LogP contribution in [0.3, 0.4) is 0 Å². The molecule has 2 rings (SSSR count). The third-order valence-corrected chi connectivity index (χ3v) is 8.07. The van der Waals surface area contributed by atoms with Gasteiger partial charge in [0.2, 0.25) is 0 Å². The maximum absolute atomic E-state index is 13.2. The number of aliphatic hydroxyl groups is 1. The highest BCUT2D eigenvalue weighted by Gasteiger charge is 2.46. The van der Waals surface area contributed by atoms with Crippen LogP contribution < -0.4 is 0 Å². The van der Waals surface area contributed by atoms with Gasteiger partial charge in [-0.05, 0) is 43.5 Å². The predicted octanol–water partition coefficient (Wildman–Crippen LogP) is 0.237. The van der Waals surface area contributed by atoms with Crippen molar-refractivity contribution in [3.63, 3.8) is 0 Å². The molecule has 0 bridgehead atoms. The fraction of sp³-hybridized carbons (Fsp3) is 0.600. The van der Waals surface area contributed by atoms with Crippen LogP contribution in [0.15, 0.2) is 17.0 Å². The number of rotatable bonds is 4. The van der Waals surface area contributed by atoms with Crippen LogP contribution in [-0.4, -0.2) is 69.1 Å². The average Bonchev–Trinajstić information content (AvgIpc) is 2.66. The molecule has 0 spiro atoms. The van der Waals surface area contributed by atoms with E-state index in [0.29, 0.717) is 5.56 Å². The fourth-order valence-electron chi connectivity index (χ4n) is 3.02. The van der Waals surface area contributed by atoms with E-state index in [-0.39, 0.29) is 4.90 Å². The summed E-state index contributed by atoms with van der Waals surface area (Å²) in [5.41, 5.74) is 2.39. The number of aryl methyl sites for hydroxylation is 3. The molecule has 1 heterocycles. The van der Waals surface area contributed by atoms with E-state index in [1.54, 1.807) is 19.1 Å². The Balaban J connectivity index is 2.58. The summed E-state index contributed by atoms with van der Waals surface area (Å²) in [5.74, 6) is -0.821. The Morgan fingerprint density at radius 3 is 2.04 bits per heavy atom. The molecule has 1 aromatic carbocycles. The van der Waals surface area contributed by atoms with Gasteiger partial charge in [0.1, 0.15) is 0 Å². The minimum atomic E-state index is -4.00. The van der Waals surface area contributed by atoms with E-state index >= 15 is 0 Å². The second-order valence-electron chi connectivity index (χ2n) is 6.54. The molecule has 0 radical (unpaired) electrons. The number of nitrogens with zero attached hydrogens (tertiary/aromatic N) is 2. The molecule has 0 unspecified atom stereocenters. The van der Waals surface area contributed by atoms with Crippen molar-refractivity contribution in [1.29, 1.82) is 0 Å². The standard InChI is InChI=1S/C15H24N2O5S2/c1-10-6-12(3)15(7-11(10)2)24(21,22)17(16(4)5)13-8-23(19,20)9-14(13)18/h6-7,13-14,18H,8-9H2,1-5H3/t13-,14-/m0/s1. The monoisotopic (exact) mass is 376 g/mol. The molecular weight excluding hydrogens is 352 g/mol. The van der Waals surface area contributed by atoms with Gasteiger partial charge in [-0.1, -0.05) is 6.07 Å². The predicted molar refractivity (Wildman–Crippen MR) is 91.8 cm³/mol. The molecule has 0 amide bonds. The molecule has 0 aliphatic carbocycles. The highest BCUT2D eigenvalue weighted by Crippen LogP contribution is 2.29. The topological polar surface area (TPSA) is 95.0 Å². The van der Waals surface area contributed by atoms with Crippen molar-refractivity contribution in [3.8, 4) is 0 Å². The first-order valence-corrected chi connectivity index (χ1v) is 10.8. The van der Waals surface area contributed by atoms with Crippen molar-refractivity contribution < 1.29 is 21.9 Å². The molecule has 7 nitrogen and oxygen atoms in total. The van der Waals surface area contributed by atoms with Gasteiger partial charge in [-0.2, -0.15) is 0 Å². The second-order valence-corrected chi connectivity index (χ2v) is 10.5. The third kappa shape index (κ3) is 3.50. The molecule has 1 aliphatic heterocycles. The van der Waals surface area contributed by atoms with Crippen LogP contribution in [-0.2, 0) is 19.9 Å². The second kappa shape index (κ2) is 6.38. The Morgan fingerprint density at radius 2 is 1.58 bits per heavy atom. The van der Waals surface area contributed by atoms with Crippen molar-refractivity contribution in [2.45, 2.75) is 37.8 Å². The van der Waals surface area contributed by atoms with Crippen molar-refractivity contribution in [3.05, 3.63) is 28.8 Å². The lowest BCUT2D eigenvalue weighted by atomic mass is 10.1. The zero-order chi connectivity index (χ0) is 18.4. The average molecular weight is 377 g/mol. The molecular formula is C15H24N2O5S2. The van der Waals surface area contributed by atoms with Crippen LogP contribution in [0, 0.1) is 20.8 Å². The Kier molecular flexibility index (Phi) is 5.14. The van der Waals surface area contributed by atoms with Crippen molar-refractivity contribution in [1.82, 2.24) is 9.42 Å². The van der Waals surface area contributed by atoms with Crippen LogP contribution >= 0.6 is 0 Å². The van der Waals surface area contributed by atoms with Crippen LogP contribution in [0.25, 0.3) is 0 Å². The first-order chi connectivity index (χ1) is 10.9. The first kappa shape index (κ1) is 19.3. The number of hydrogen-bond donors (Lipinski definition) is 1. The van der Waals surface area contributed by atoms with E-state index in [2.05, 4.69) is 0 Å². The van der Waals surface area contributed by atoms with Gasteiger partial charge in [-0.25, -0.2) is 21.8 Å². The number of sulfone groups is 1.